The third-order valence-electron chi connectivity index (χ3n) is 3.35. The lowest BCUT2D eigenvalue weighted by Crippen LogP contribution is -2.36. The third kappa shape index (κ3) is 2.85. The van der Waals surface area contributed by atoms with Crippen molar-refractivity contribution < 1.29 is 4.79 Å². The van der Waals surface area contributed by atoms with Gasteiger partial charge in [-0.3, -0.25) is 4.79 Å². The van der Waals surface area contributed by atoms with Gasteiger partial charge in [0, 0.05) is 13.6 Å². The summed E-state index contributed by atoms with van der Waals surface area (Å²) in [5, 5.41) is 6.33. The molecule has 5 heteroatoms. The van der Waals surface area contributed by atoms with E-state index in [1.165, 1.54) is 0 Å². The van der Waals surface area contributed by atoms with Crippen molar-refractivity contribution in [3.05, 3.63) is 17.7 Å². The summed E-state index contributed by atoms with van der Waals surface area (Å²) in [5.74, 6) is 0.592. The van der Waals surface area contributed by atoms with Gasteiger partial charge in [0.15, 0.2) is 0 Å². The Kier molecular flexibility index (Phi) is 3.78. The Balaban J connectivity index is 1.89. The van der Waals surface area contributed by atoms with E-state index in [4.69, 9.17) is 0 Å². The lowest BCUT2D eigenvalue weighted by atomic mass is 9.98. The minimum atomic E-state index is -0.0129. The number of aromatic nitrogens is 2. The molecule has 0 bridgehead atoms. The average Bonchev–Trinajstić information content (AvgIpc) is 2.67. The first-order valence-corrected chi connectivity index (χ1v) is 6.15. The van der Waals surface area contributed by atoms with E-state index in [9.17, 15) is 4.79 Å². The highest BCUT2D eigenvalue weighted by Crippen LogP contribution is 2.11. The van der Waals surface area contributed by atoms with Gasteiger partial charge in [0.05, 0.1) is 12.0 Å². The van der Waals surface area contributed by atoms with Crippen molar-refractivity contribution in [3.63, 3.8) is 0 Å². The first-order chi connectivity index (χ1) is 8.18. The zero-order valence-electron chi connectivity index (χ0n) is 10.5. The van der Waals surface area contributed by atoms with E-state index in [2.05, 4.69) is 15.6 Å². The summed E-state index contributed by atoms with van der Waals surface area (Å²) in [4.78, 5) is 16.1. The molecule has 2 rings (SSSR count). The predicted octanol–water partition coefficient (Wildman–Crippen LogP) is 0.458. The van der Waals surface area contributed by atoms with Crippen LogP contribution in [-0.4, -0.2) is 35.1 Å². The quantitative estimate of drug-likeness (QED) is 0.801. The highest BCUT2D eigenvalue weighted by molar-refractivity contribution is 5.93. The summed E-state index contributed by atoms with van der Waals surface area (Å²) in [6, 6.07) is 0. The third-order valence-corrected chi connectivity index (χ3v) is 3.35. The van der Waals surface area contributed by atoms with Crippen molar-refractivity contribution in [2.45, 2.75) is 19.8 Å². The van der Waals surface area contributed by atoms with Crippen molar-refractivity contribution in [2.75, 3.05) is 19.6 Å². The second kappa shape index (κ2) is 5.31. The van der Waals surface area contributed by atoms with Crippen LogP contribution in [0.2, 0.25) is 0 Å². The Morgan fingerprint density at radius 2 is 2.29 bits per heavy atom. The Labute approximate surface area is 102 Å². The number of piperidine rings is 1. The van der Waals surface area contributed by atoms with Crippen molar-refractivity contribution in [3.8, 4) is 0 Å². The van der Waals surface area contributed by atoms with Crippen LogP contribution in [0.25, 0.3) is 0 Å². The van der Waals surface area contributed by atoms with Crippen molar-refractivity contribution in [1.29, 1.82) is 0 Å². The lowest BCUT2D eigenvalue weighted by Gasteiger charge is -2.22. The summed E-state index contributed by atoms with van der Waals surface area (Å²) in [5.41, 5.74) is 1.45. The maximum Gasteiger partial charge on any atom is 0.269 e. The van der Waals surface area contributed by atoms with Crippen LogP contribution in [0.3, 0.4) is 0 Å². The van der Waals surface area contributed by atoms with Crippen LogP contribution >= 0.6 is 0 Å². The summed E-state index contributed by atoms with van der Waals surface area (Å²) >= 11 is 0. The maximum absolute atomic E-state index is 12.0. The molecule has 2 N–H and O–H groups in total. The van der Waals surface area contributed by atoms with E-state index in [1.54, 1.807) is 10.9 Å². The summed E-state index contributed by atoms with van der Waals surface area (Å²) in [6.07, 6.45) is 3.96. The maximum atomic E-state index is 12.0. The second-order valence-electron chi connectivity index (χ2n) is 4.69. The first kappa shape index (κ1) is 12.1. The van der Waals surface area contributed by atoms with Gasteiger partial charge in [-0.05, 0) is 38.8 Å². The summed E-state index contributed by atoms with van der Waals surface area (Å²) in [6.45, 7) is 4.75. The van der Waals surface area contributed by atoms with Crippen molar-refractivity contribution in [2.24, 2.45) is 13.0 Å². The van der Waals surface area contributed by atoms with Crippen molar-refractivity contribution >= 4 is 5.91 Å². The lowest BCUT2D eigenvalue weighted by molar-refractivity contribution is 0.0935. The molecule has 1 saturated heterocycles. The van der Waals surface area contributed by atoms with Crippen LogP contribution in [0.15, 0.2) is 6.33 Å². The van der Waals surface area contributed by atoms with Gasteiger partial charge in [-0.1, -0.05) is 0 Å². The fourth-order valence-corrected chi connectivity index (χ4v) is 2.28. The zero-order valence-corrected chi connectivity index (χ0v) is 10.5. The first-order valence-electron chi connectivity index (χ1n) is 6.15. The van der Waals surface area contributed by atoms with Gasteiger partial charge in [0.1, 0.15) is 5.69 Å². The Hall–Kier alpha value is -1.36. The fraction of sp³-hybridized carbons (Fsp3) is 0.667. The SMILES string of the molecule is Cc1ncn(C)c1C(=O)NCC1CCNCC1. The van der Waals surface area contributed by atoms with Gasteiger partial charge >= 0.3 is 0 Å². The van der Waals surface area contributed by atoms with E-state index in [-0.39, 0.29) is 5.91 Å². The number of nitrogens with zero attached hydrogens (tertiary/aromatic N) is 2. The molecule has 0 spiro atoms. The van der Waals surface area contributed by atoms with Crippen LogP contribution in [0.5, 0.6) is 0 Å². The predicted molar refractivity (Wildman–Crippen MR) is 65.9 cm³/mol. The molecule has 1 aliphatic rings. The topological polar surface area (TPSA) is 59.0 Å². The minimum absolute atomic E-state index is 0.0129. The number of amides is 1. The van der Waals surface area contributed by atoms with E-state index < -0.39 is 0 Å². The molecule has 0 radical (unpaired) electrons. The van der Waals surface area contributed by atoms with Gasteiger partial charge in [-0.25, -0.2) is 4.98 Å². The molecular weight excluding hydrogens is 216 g/mol. The van der Waals surface area contributed by atoms with E-state index in [0.29, 0.717) is 11.6 Å². The molecule has 5 nitrogen and oxygen atoms in total. The van der Waals surface area contributed by atoms with Crippen LogP contribution in [-0.2, 0) is 7.05 Å². The van der Waals surface area contributed by atoms with Crippen LogP contribution in [0, 0.1) is 12.8 Å². The zero-order chi connectivity index (χ0) is 12.3. The van der Waals surface area contributed by atoms with Crippen LogP contribution < -0.4 is 10.6 Å². The Morgan fingerprint density at radius 3 is 2.88 bits per heavy atom. The molecule has 0 atom stereocenters. The second-order valence-corrected chi connectivity index (χ2v) is 4.69. The molecule has 94 valence electrons. The molecule has 17 heavy (non-hydrogen) atoms. The number of hydrogen-bond donors (Lipinski definition) is 2. The minimum Gasteiger partial charge on any atom is -0.350 e. The molecule has 0 saturated carbocycles. The van der Waals surface area contributed by atoms with E-state index in [0.717, 1.165) is 38.2 Å². The summed E-state index contributed by atoms with van der Waals surface area (Å²) < 4.78 is 1.77. The molecule has 1 aromatic heterocycles. The highest BCUT2D eigenvalue weighted by Gasteiger charge is 2.17. The van der Waals surface area contributed by atoms with Gasteiger partial charge in [0.2, 0.25) is 0 Å². The monoisotopic (exact) mass is 236 g/mol. The Bertz CT molecular complexity index is 374. The molecule has 1 amide bonds. The number of imidazole rings is 1. The van der Waals surface area contributed by atoms with Crippen molar-refractivity contribution in [1.82, 2.24) is 20.2 Å². The molecular formula is C12H20N4O. The largest absolute Gasteiger partial charge is 0.350 e. The normalized spacial score (nSPS) is 17.1. The number of carbonyl (C=O) groups excluding carboxylic acids is 1. The smallest absolute Gasteiger partial charge is 0.269 e. The standard InChI is InChI=1S/C12H20N4O/c1-9-11(16(2)8-15-9)12(17)14-7-10-3-5-13-6-4-10/h8,10,13H,3-7H2,1-2H3,(H,14,17). The van der Waals surface area contributed by atoms with Gasteiger partial charge in [-0.2, -0.15) is 0 Å². The summed E-state index contributed by atoms with van der Waals surface area (Å²) in [7, 11) is 1.85. The van der Waals surface area contributed by atoms with Gasteiger partial charge in [0.25, 0.3) is 5.91 Å². The number of hydrogen-bond acceptors (Lipinski definition) is 3. The molecule has 0 aliphatic carbocycles. The van der Waals surface area contributed by atoms with Gasteiger partial charge < -0.3 is 15.2 Å². The average molecular weight is 236 g/mol. The van der Waals surface area contributed by atoms with Crippen LogP contribution in [0.1, 0.15) is 29.0 Å². The van der Waals surface area contributed by atoms with Gasteiger partial charge in [-0.15, -0.1) is 0 Å². The molecule has 0 unspecified atom stereocenters. The van der Waals surface area contributed by atoms with Crippen LogP contribution in [0.4, 0.5) is 0 Å². The van der Waals surface area contributed by atoms with E-state index >= 15 is 0 Å². The molecule has 2 heterocycles. The number of nitrogens with one attached hydrogen (secondary N) is 2. The number of carbonyl (C=O) groups is 1. The molecule has 1 aliphatic heterocycles. The molecule has 0 aromatic carbocycles. The Morgan fingerprint density at radius 1 is 1.59 bits per heavy atom. The highest BCUT2D eigenvalue weighted by atomic mass is 16.1. The fourth-order valence-electron chi connectivity index (χ4n) is 2.28. The number of aryl methyl sites for hydroxylation is 2. The number of rotatable bonds is 3. The molecule has 1 fully saturated rings. The molecule has 1 aromatic rings. The van der Waals surface area contributed by atoms with E-state index in [1.807, 2.05) is 14.0 Å².